The van der Waals surface area contributed by atoms with Crippen LogP contribution in [0.3, 0.4) is 0 Å². The Morgan fingerprint density at radius 1 is 1.22 bits per heavy atom. The average molecular weight is 259 g/mol. The number of fused-ring (bicyclic) bond motifs is 1. The molecule has 2 heterocycles. The van der Waals surface area contributed by atoms with Crippen molar-refractivity contribution in [2.24, 2.45) is 0 Å². The van der Waals surface area contributed by atoms with Gasteiger partial charge in [-0.25, -0.2) is 0 Å². The van der Waals surface area contributed by atoms with Gasteiger partial charge in [-0.3, -0.25) is 4.90 Å². The largest absolute Gasteiger partial charge is 0.387 e. The predicted molar refractivity (Wildman–Crippen MR) is 74.7 cm³/mol. The molecule has 1 aromatic heterocycles. The molecule has 1 N–H and O–H groups in total. The van der Waals surface area contributed by atoms with Gasteiger partial charge >= 0.3 is 0 Å². The van der Waals surface area contributed by atoms with E-state index in [-0.39, 0.29) is 6.10 Å². The smallest absolute Gasteiger partial charge is 0.0917 e. The highest BCUT2D eigenvalue weighted by Crippen LogP contribution is 2.25. The summed E-state index contributed by atoms with van der Waals surface area (Å²) in [5.41, 5.74) is 2.44. The summed E-state index contributed by atoms with van der Waals surface area (Å²) in [6.07, 6.45) is 0.737. The van der Waals surface area contributed by atoms with Crippen molar-refractivity contribution in [3.05, 3.63) is 57.8 Å². The first-order chi connectivity index (χ1) is 8.83. The van der Waals surface area contributed by atoms with Gasteiger partial charge in [0.15, 0.2) is 0 Å². The molecular weight excluding hydrogens is 242 g/mol. The van der Waals surface area contributed by atoms with Gasteiger partial charge in [-0.2, -0.15) is 0 Å². The molecule has 94 valence electrons. The van der Waals surface area contributed by atoms with Crippen molar-refractivity contribution in [2.45, 2.75) is 19.1 Å². The lowest BCUT2D eigenvalue weighted by molar-refractivity contribution is 0.106. The third-order valence-corrected chi connectivity index (χ3v) is 4.53. The third kappa shape index (κ3) is 2.48. The Morgan fingerprint density at radius 3 is 2.89 bits per heavy atom. The van der Waals surface area contributed by atoms with E-state index in [1.165, 1.54) is 10.4 Å². The van der Waals surface area contributed by atoms with E-state index in [1.807, 2.05) is 41.7 Å². The second-order valence-corrected chi connectivity index (χ2v) is 5.78. The highest BCUT2D eigenvalue weighted by atomic mass is 32.1. The Bertz CT molecular complexity index is 508. The summed E-state index contributed by atoms with van der Waals surface area (Å²) in [5.74, 6) is 0. The first kappa shape index (κ1) is 11.9. The molecule has 0 spiro atoms. The van der Waals surface area contributed by atoms with Crippen LogP contribution in [0.5, 0.6) is 0 Å². The minimum Gasteiger partial charge on any atom is -0.387 e. The molecule has 1 aliphatic rings. The van der Waals surface area contributed by atoms with Gasteiger partial charge in [-0.1, -0.05) is 30.3 Å². The highest BCUT2D eigenvalue weighted by molar-refractivity contribution is 7.10. The van der Waals surface area contributed by atoms with E-state index in [0.29, 0.717) is 0 Å². The van der Waals surface area contributed by atoms with E-state index in [0.717, 1.165) is 31.6 Å². The zero-order valence-corrected chi connectivity index (χ0v) is 11.1. The molecule has 18 heavy (non-hydrogen) atoms. The van der Waals surface area contributed by atoms with E-state index in [9.17, 15) is 5.11 Å². The van der Waals surface area contributed by atoms with Crippen molar-refractivity contribution < 1.29 is 5.11 Å². The van der Waals surface area contributed by atoms with E-state index < -0.39 is 0 Å². The van der Waals surface area contributed by atoms with E-state index >= 15 is 0 Å². The number of aliphatic hydroxyl groups is 1. The average Bonchev–Trinajstić information content (AvgIpc) is 2.87. The molecule has 1 aromatic carbocycles. The standard InChI is InChI=1S/C15H17NOS/c17-14(12-4-2-1-3-5-12)11-16-8-6-15-13(10-16)7-9-18-15/h1-5,7,9,14,17H,6,8,10-11H2/t14-/m0/s1. The fourth-order valence-corrected chi connectivity index (χ4v) is 3.38. The van der Waals surface area contributed by atoms with Crippen LogP contribution in [0.2, 0.25) is 0 Å². The summed E-state index contributed by atoms with van der Waals surface area (Å²) in [6.45, 7) is 2.75. The van der Waals surface area contributed by atoms with Crippen molar-refractivity contribution in [3.63, 3.8) is 0 Å². The van der Waals surface area contributed by atoms with Crippen molar-refractivity contribution in [3.8, 4) is 0 Å². The highest BCUT2D eigenvalue weighted by Gasteiger charge is 2.19. The molecule has 0 aliphatic carbocycles. The fourth-order valence-electron chi connectivity index (χ4n) is 2.49. The van der Waals surface area contributed by atoms with Gasteiger partial charge in [0, 0.05) is 24.5 Å². The lowest BCUT2D eigenvalue weighted by atomic mass is 10.1. The van der Waals surface area contributed by atoms with Crippen LogP contribution in [0, 0.1) is 0 Å². The predicted octanol–water partition coefficient (Wildman–Crippen LogP) is 2.84. The number of aliphatic hydroxyl groups excluding tert-OH is 1. The Morgan fingerprint density at radius 2 is 2.06 bits per heavy atom. The maximum atomic E-state index is 10.2. The van der Waals surface area contributed by atoms with Gasteiger partial charge in [-0.15, -0.1) is 11.3 Å². The lowest BCUT2D eigenvalue weighted by Gasteiger charge is -2.28. The Hall–Kier alpha value is -1.16. The van der Waals surface area contributed by atoms with Crippen LogP contribution in [0.25, 0.3) is 0 Å². The summed E-state index contributed by atoms with van der Waals surface area (Å²) in [4.78, 5) is 3.85. The molecule has 2 nitrogen and oxygen atoms in total. The molecule has 0 radical (unpaired) electrons. The number of hydrogen-bond acceptors (Lipinski definition) is 3. The quantitative estimate of drug-likeness (QED) is 0.916. The number of benzene rings is 1. The number of thiophene rings is 1. The SMILES string of the molecule is O[C@@H](CN1CCc2sccc2C1)c1ccccc1. The second kappa shape index (κ2) is 5.22. The molecule has 2 aromatic rings. The maximum Gasteiger partial charge on any atom is 0.0917 e. The van der Waals surface area contributed by atoms with Gasteiger partial charge < -0.3 is 5.11 Å². The molecule has 3 rings (SSSR count). The molecule has 0 saturated carbocycles. The Kier molecular flexibility index (Phi) is 3.46. The van der Waals surface area contributed by atoms with Crippen LogP contribution < -0.4 is 0 Å². The van der Waals surface area contributed by atoms with Gasteiger partial charge in [0.2, 0.25) is 0 Å². The van der Waals surface area contributed by atoms with E-state index in [1.54, 1.807) is 0 Å². The summed E-state index contributed by atoms with van der Waals surface area (Å²) >= 11 is 1.85. The first-order valence-electron chi connectivity index (χ1n) is 6.33. The molecule has 0 saturated heterocycles. The van der Waals surface area contributed by atoms with E-state index in [4.69, 9.17) is 0 Å². The Balaban J connectivity index is 1.65. The van der Waals surface area contributed by atoms with Crippen molar-refractivity contribution in [2.75, 3.05) is 13.1 Å². The molecular formula is C15H17NOS. The topological polar surface area (TPSA) is 23.5 Å². The Labute approximate surface area is 112 Å². The van der Waals surface area contributed by atoms with Gasteiger partial charge in [-0.05, 0) is 29.0 Å². The minimum absolute atomic E-state index is 0.383. The normalized spacial score (nSPS) is 17.4. The van der Waals surface area contributed by atoms with Crippen molar-refractivity contribution in [1.29, 1.82) is 0 Å². The van der Waals surface area contributed by atoms with Crippen LogP contribution >= 0.6 is 11.3 Å². The summed E-state index contributed by atoms with van der Waals surface area (Å²) < 4.78 is 0. The van der Waals surface area contributed by atoms with E-state index in [2.05, 4.69) is 16.3 Å². The minimum atomic E-state index is -0.383. The molecule has 0 bridgehead atoms. The zero-order valence-electron chi connectivity index (χ0n) is 10.2. The molecule has 0 fully saturated rings. The zero-order chi connectivity index (χ0) is 12.4. The number of nitrogens with zero attached hydrogens (tertiary/aromatic N) is 1. The van der Waals surface area contributed by atoms with Crippen LogP contribution in [0.4, 0.5) is 0 Å². The van der Waals surface area contributed by atoms with Crippen LogP contribution in [0.1, 0.15) is 22.1 Å². The first-order valence-corrected chi connectivity index (χ1v) is 7.21. The summed E-state index contributed by atoms with van der Waals surface area (Å²) in [6, 6.07) is 12.1. The van der Waals surface area contributed by atoms with Crippen LogP contribution in [-0.4, -0.2) is 23.1 Å². The number of hydrogen-bond donors (Lipinski definition) is 1. The molecule has 1 atom stereocenters. The monoisotopic (exact) mass is 259 g/mol. The number of β-amino-alcohol motifs (C(OH)–C–C–N with tert-alkyl or cyclic N) is 1. The third-order valence-electron chi connectivity index (χ3n) is 3.50. The molecule has 0 amide bonds. The molecule has 0 unspecified atom stereocenters. The summed E-state index contributed by atoms with van der Waals surface area (Å²) in [5, 5.41) is 12.4. The van der Waals surface area contributed by atoms with Crippen molar-refractivity contribution in [1.82, 2.24) is 4.90 Å². The maximum absolute atomic E-state index is 10.2. The van der Waals surface area contributed by atoms with Gasteiger partial charge in [0.1, 0.15) is 0 Å². The van der Waals surface area contributed by atoms with Gasteiger partial charge in [0.05, 0.1) is 6.10 Å². The van der Waals surface area contributed by atoms with Gasteiger partial charge in [0.25, 0.3) is 0 Å². The lowest BCUT2D eigenvalue weighted by Crippen LogP contribution is -2.33. The summed E-state index contributed by atoms with van der Waals surface area (Å²) in [7, 11) is 0. The van der Waals surface area contributed by atoms with Crippen molar-refractivity contribution >= 4 is 11.3 Å². The second-order valence-electron chi connectivity index (χ2n) is 4.78. The van der Waals surface area contributed by atoms with Crippen LogP contribution in [0.15, 0.2) is 41.8 Å². The molecule has 3 heteroatoms. The number of rotatable bonds is 3. The van der Waals surface area contributed by atoms with Crippen LogP contribution in [-0.2, 0) is 13.0 Å². The molecule has 1 aliphatic heterocycles. The fraction of sp³-hybridized carbons (Fsp3) is 0.333.